The molecule has 4 heteroatoms. The predicted molar refractivity (Wildman–Crippen MR) is 88.8 cm³/mol. The Balaban J connectivity index is 1.62. The number of hydrogen-bond donors (Lipinski definition) is 1. The number of aryl methyl sites for hydroxylation is 1. The molecule has 2 aliphatic rings. The van der Waals surface area contributed by atoms with Crippen LogP contribution in [0.5, 0.6) is 0 Å². The van der Waals surface area contributed by atoms with Crippen molar-refractivity contribution in [2.24, 2.45) is 7.05 Å². The Labute approximate surface area is 132 Å². The number of nitrogens with one attached hydrogen (secondary N) is 1. The summed E-state index contributed by atoms with van der Waals surface area (Å²) in [6.07, 6.45) is 4.97. The molecule has 1 saturated heterocycles. The lowest BCUT2D eigenvalue weighted by atomic mass is 9.95. The zero-order valence-electron chi connectivity index (χ0n) is 13.3. The SMILES string of the molecule is Cn1nc(C2CCCCN2Cc2ccccc2)c2c1NCC2. The smallest absolute Gasteiger partial charge is 0.127 e. The predicted octanol–water partition coefficient (Wildman–Crippen LogP) is 3.12. The first-order valence-electron chi connectivity index (χ1n) is 8.40. The molecule has 0 aliphatic carbocycles. The molecule has 2 aliphatic heterocycles. The molecule has 2 aromatic rings. The van der Waals surface area contributed by atoms with E-state index in [-0.39, 0.29) is 0 Å². The van der Waals surface area contributed by atoms with Crippen LogP contribution in [0.25, 0.3) is 0 Å². The Morgan fingerprint density at radius 2 is 2.09 bits per heavy atom. The van der Waals surface area contributed by atoms with Gasteiger partial charge in [-0.25, -0.2) is 0 Å². The van der Waals surface area contributed by atoms with E-state index in [9.17, 15) is 0 Å². The van der Waals surface area contributed by atoms with Gasteiger partial charge in [0.1, 0.15) is 5.82 Å². The zero-order valence-corrected chi connectivity index (χ0v) is 13.3. The van der Waals surface area contributed by atoms with E-state index in [4.69, 9.17) is 5.10 Å². The molecule has 1 unspecified atom stereocenters. The van der Waals surface area contributed by atoms with Crippen molar-refractivity contribution in [1.82, 2.24) is 14.7 Å². The van der Waals surface area contributed by atoms with E-state index in [0.717, 1.165) is 19.5 Å². The van der Waals surface area contributed by atoms with Gasteiger partial charge >= 0.3 is 0 Å². The number of aromatic nitrogens is 2. The third-order valence-electron chi connectivity index (χ3n) is 5.00. The van der Waals surface area contributed by atoms with Gasteiger partial charge in [-0.05, 0) is 31.4 Å². The van der Waals surface area contributed by atoms with Crippen LogP contribution in [0.1, 0.15) is 42.1 Å². The average Bonchev–Trinajstić information content (AvgIpc) is 3.14. The topological polar surface area (TPSA) is 33.1 Å². The van der Waals surface area contributed by atoms with Crippen LogP contribution < -0.4 is 5.32 Å². The number of likely N-dealkylation sites (tertiary alicyclic amines) is 1. The highest BCUT2D eigenvalue weighted by molar-refractivity contribution is 5.53. The summed E-state index contributed by atoms with van der Waals surface area (Å²) in [6, 6.07) is 11.3. The van der Waals surface area contributed by atoms with Gasteiger partial charge in [-0.15, -0.1) is 0 Å². The molecule has 0 bridgehead atoms. The van der Waals surface area contributed by atoms with Gasteiger partial charge < -0.3 is 5.32 Å². The molecule has 22 heavy (non-hydrogen) atoms. The van der Waals surface area contributed by atoms with Crippen LogP contribution in [-0.4, -0.2) is 27.8 Å². The van der Waals surface area contributed by atoms with Crippen LogP contribution >= 0.6 is 0 Å². The number of hydrogen-bond acceptors (Lipinski definition) is 3. The quantitative estimate of drug-likeness (QED) is 0.944. The van der Waals surface area contributed by atoms with Crippen LogP contribution in [-0.2, 0) is 20.0 Å². The molecule has 0 spiro atoms. The van der Waals surface area contributed by atoms with Crippen molar-refractivity contribution in [3.05, 3.63) is 47.2 Å². The lowest BCUT2D eigenvalue weighted by Crippen LogP contribution is -2.33. The number of benzene rings is 1. The van der Waals surface area contributed by atoms with Gasteiger partial charge in [0.25, 0.3) is 0 Å². The summed E-state index contributed by atoms with van der Waals surface area (Å²) in [5, 5.41) is 8.33. The monoisotopic (exact) mass is 296 g/mol. The Hall–Kier alpha value is -1.81. The van der Waals surface area contributed by atoms with Gasteiger partial charge in [0.15, 0.2) is 0 Å². The minimum atomic E-state index is 0.476. The highest BCUT2D eigenvalue weighted by Crippen LogP contribution is 2.37. The molecular weight excluding hydrogens is 272 g/mol. The van der Waals surface area contributed by atoms with Gasteiger partial charge in [-0.2, -0.15) is 5.10 Å². The van der Waals surface area contributed by atoms with Gasteiger partial charge in [0, 0.05) is 25.7 Å². The lowest BCUT2D eigenvalue weighted by molar-refractivity contribution is 0.136. The Bertz CT molecular complexity index is 647. The second-order valence-corrected chi connectivity index (χ2v) is 6.48. The number of nitrogens with zero attached hydrogens (tertiary/aromatic N) is 3. The first-order chi connectivity index (χ1) is 10.8. The maximum atomic E-state index is 4.86. The molecule has 4 nitrogen and oxygen atoms in total. The molecule has 4 rings (SSSR count). The van der Waals surface area contributed by atoms with E-state index < -0.39 is 0 Å². The number of piperidine rings is 1. The maximum absolute atomic E-state index is 4.86. The standard InChI is InChI=1S/C18H24N4/c1-21-18-15(10-11-19-18)17(20-21)16-9-5-6-12-22(16)13-14-7-3-2-4-8-14/h2-4,7-8,16,19H,5-6,9-13H2,1H3. The van der Waals surface area contributed by atoms with E-state index >= 15 is 0 Å². The Kier molecular flexibility index (Phi) is 3.62. The molecule has 1 atom stereocenters. The van der Waals surface area contributed by atoms with Crippen LogP contribution in [0.4, 0.5) is 5.82 Å². The highest BCUT2D eigenvalue weighted by Gasteiger charge is 2.31. The molecule has 0 amide bonds. The first-order valence-corrected chi connectivity index (χ1v) is 8.40. The zero-order chi connectivity index (χ0) is 14.9. The van der Waals surface area contributed by atoms with E-state index in [0.29, 0.717) is 6.04 Å². The van der Waals surface area contributed by atoms with Crippen molar-refractivity contribution < 1.29 is 0 Å². The molecule has 1 N–H and O–H groups in total. The van der Waals surface area contributed by atoms with Gasteiger partial charge in [0.05, 0.1) is 11.7 Å². The molecule has 0 radical (unpaired) electrons. The summed E-state index contributed by atoms with van der Waals surface area (Å²) in [5.41, 5.74) is 4.17. The number of anilines is 1. The molecular formula is C18H24N4. The van der Waals surface area contributed by atoms with E-state index in [2.05, 4.69) is 47.6 Å². The van der Waals surface area contributed by atoms with Gasteiger partial charge in [-0.1, -0.05) is 36.8 Å². The highest BCUT2D eigenvalue weighted by atomic mass is 15.3. The van der Waals surface area contributed by atoms with E-state index in [1.807, 2.05) is 4.68 Å². The van der Waals surface area contributed by atoms with Crippen LogP contribution in [0.2, 0.25) is 0 Å². The molecule has 0 saturated carbocycles. The second kappa shape index (κ2) is 5.76. The van der Waals surface area contributed by atoms with Gasteiger partial charge in [0.2, 0.25) is 0 Å². The minimum absolute atomic E-state index is 0.476. The van der Waals surface area contributed by atoms with E-state index in [1.165, 1.54) is 48.4 Å². The summed E-state index contributed by atoms with van der Waals surface area (Å²) in [6.45, 7) is 3.27. The van der Waals surface area contributed by atoms with Crippen molar-refractivity contribution in [3.8, 4) is 0 Å². The van der Waals surface area contributed by atoms with Gasteiger partial charge in [-0.3, -0.25) is 9.58 Å². The van der Waals surface area contributed by atoms with Crippen LogP contribution in [0.3, 0.4) is 0 Å². The first kappa shape index (κ1) is 13.8. The van der Waals surface area contributed by atoms with Crippen molar-refractivity contribution >= 4 is 5.82 Å². The molecule has 1 aromatic heterocycles. The van der Waals surface area contributed by atoms with Crippen molar-refractivity contribution in [3.63, 3.8) is 0 Å². The molecule has 1 aromatic carbocycles. The number of fused-ring (bicyclic) bond motifs is 1. The normalized spacial score (nSPS) is 21.6. The summed E-state index contributed by atoms with van der Waals surface area (Å²) < 4.78 is 2.03. The fourth-order valence-corrected chi connectivity index (χ4v) is 3.94. The molecule has 1 fully saturated rings. The van der Waals surface area contributed by atoms with Crippen molar-refractivity contribution in [2.75, 3.05) is 18.4 Å². The third kappa shape index (κ3) is 2.41. The summed E-state index contributed by atoms with van der Waals surface area (Å²) in [7, 11) is 2.06. The van der Waals surface area contributed by atoms with Crippen molar-refractivity contribution in [1.29, 1.82) is 0 Å². The third-order valence-corrected chi connectivity index (χ3v) is 5.00. The summed E-state index contributed by atoms with van der Waals surface area (Å²) >= 11 is 0. The van der Waals surface area contributed by atoms with E-state index in [1.54, 1.807) is 0 Å². The largest absolute Gasteiger partial charge is 0.370 e. The molecule has 116 valence electrons. The number of rotatable bonds is 3. The minimum Gasteiger partial charge on any atom is -0.370 e. The summed E-state index contributed by atoms with van der Waals surface area (Å²) in [4.78, 5) is 2.62. The van der Waals surface area contributed by atoms with Crippen LogP contribution in [0, 0.1) is 0 Å². The summed E-state index contributed by atoms with van der Waals surface area (Å²) in [5.74, 6) is 1.24. The second-order valence-electron chi connectivity index (χ2n) is 6.48. The Morgan fingerprint density at radius 1 is 1.23 bits per heavy atom. The lowest BCUT2D eigenvalue weighted by Gasteiger charge is -2.35. The van der Waals surface area contributed by atoms with Crippen LogP contribution in [0.15, 0.2) is 30.3 Å². The fourth-order valence-electron chi connectivity index (χ4n) is 3.94. The Morgan fingerprint density at radius 3 is 2.95 bits per heavy atom. The average molecular weight is 296 g/mol. The van der Waals surface area contributed by atoms with Crippen molar-refractivity contribution in [2.45, 2.75) is 38.3 Å². The maximum Gasteiger partial charge on any atom is 0.127 e. The molecule has 3 heterocycles. The fraction of sp³-hybridized carbons (Fsp3) is 0.500.